The van der Waals surface area contributed by atoms with Crippen molar-refractivity contribution in [3.05, 3.63) is 24.3 Å². The fourth-order valence-electron chi connectivity index (χ4n) is 2.17. The van der Waals surface area contributed by atoms with Gasteiger partial charge in [0.05, 0.1) is 12.8 Å². The fraction of sp³-hybridized carbons (Fsp3) is 0.462. The zero-order valence-corrected chi connectivity index (χ0v) is 12.4. The molecule has 0 atom stereocenters. The summed E-state index contributed by atoms with van der Waals surface area (Å²) in [5.74, 6) is 0.945. The van der Waals surface area contributed by atoms with Crippen LogP contribution in [0.4, 0.5) is 5.69 Å². The lowest BCUT2D eigenvalue weighted by Crippen LogP contribution is -2.49. The van der Waals surface area contributed by atoms with Crippen LogP contribution in [0.5, 0.6) is 5.75 Å². The second-order valence-electron chi connectivity index (χ2n) is 4.17. The molecule has 1 saturated heterocycles. The van der Waals surface area contributed by atoms with Crippen LogP contribution < -0.4 is 9.64 Å². The predicted octanol–water partition coefficient (Wildman–Crippen LogP) is 2.00. The molecule has 1 fully saturated rings. The van der Waals surface area contributed by atoms with E-state index < -0.39 is 0 Å². The summed E-state index contributed by atoms with van der Waals surface area (Å²) in [6, 6.07) is 7.94. The summed E-state index contributed by atoms with van der Waals surface area (Å²) in [6.07, 6.45) is 0. The van der Waals surface area contributed by atoms with Crippen LogP contribution >= 0.6 is 24.0 Å². The van der Waals surface area contributed by atoms with Crippen molar-refractivity contribution >= 4 is 35.6 Å². The van der Waals surface area contributed by atoms with Gasteiger partial charge in [0.25, 0.3) is 0 Å². The molecular weight excluding hydrogens is 287 g/mol. The fourth-order valence-corrected chi connectivity index (χ4v) is 2.34. The quantitative estimate of drug-likeness (QED) is 0.801. The van der Waals surface area contributed by atoms with Crippen molar-refractivity contribution in [2.24, 2.45) is 0 Å². The Hall–Kier alpha value is -1.13. The molecule has 0 aromatic heterocycles. The first kappa shape index (κ1) is 15.9. The first-order valence-corrected chi connectivity index (χ1v) is 6.51. The summed E-state index contributed by atoms with van der Waals surface area (Å²) in [5, 5.41) is 0. The Kier molecular flexibility index (Phi) is 6.25. The highest BCUT2D eigenvalue weighted by molar-refractivity contribution is 6.27. The summed E-state index contributed by atoms with van der Waals surface area (Å²) < 4.78 is 5.35. The van der Waals surface area contributed by atoms with Gasteiger partial charge in [-0.15, -0.1) is 24.0 Å². The smallest absolute Gasteiger partial charge is 0.237 e. The molecule has 1 aromatic carbocycles. The van der Waals surface area contributed by atoms with Crippen molar-refractivity contribution in [2.45, 2.75) is 0 Å². The summed E-state index contributed by atoms with van der Waals surface area (Å²) in [5.41, 5.74) is 1.08. The van der Waals surface area contributed by atoms with Crippen LogP contribution in [0.1, 0.15) is 0 Å². The Labute approximate surface area is 124 Å². The number of rotatable bonds is 3. The van der Waals surface area contributed by atoms with Gasteiger partial charge in [0.2, 0.25) is 5.91 Å². The molecule has 0 radical (unpaired) electrons. The van der Waals surface area contributed by atoms with Crippen molar-refractivity contribution in [1.29, 1.82) is 0 Å². The van der Waals surface area contributed by atoms with Crippen LogP contribution in [-0.2, 0) is 4.79 Å². The third-order valence-corrected chi connectivity index (χ3v) is 3.40. The Balaban J connectivity index is 0.00000180. The second-order valence-corrected chi connectivity index (χ2v) is 4.44. The Bertz CT molecular complexity index is 421. The largest absolute Gasteiger partial charge is 0.495 e. The number of halogens is 2. The van der Waals surface area contributed by atoms with Gasteiger partial charge in [0.1, 0.15) is 11.6 Å². The van der Waals surface area contributed by atoms with E-state index in [1.165, 1.54) is 0 Å². The number of alkyl halides is 1. The van der Waals surface area contributed by atoms with Crippen LogP contribution in [0.15, 0.2) is 24.3 Å². The molecule has 0 unspecified atom stereocenters. The van der Waals surface area contributed by atoms with E-state index in [1.807, 2.05) is 24.3 Å². The van der Waals surface area contributed by atoms with Crippen LogP contribution in [0, 0.1) is 0 Å². The van der Waals surface area contributed by atoms with Gasteiger partial charge in [-0.1, -0.05) is 12.1 Å². The van der Waals surface area contributed by atoms with E-state index in [9.17, 15) is 4.79 Å². The highest BCUT2D eigenvalue weighted by Gasteiger charge is 2.21. The minimum absolute atomic E-state index is 0. The first-order valence-electron chi connectivity index (χ1n) is 5.98. The molecule has 0 bridgehead atoms. The molecule has 2 rings (SSSR count). The van der Waals surface area contributed by atoms with Gasteiger partial charge in [-0.05, 0) is 12.1 Å². The Morgan fingerprint density at radius 2 is 1.89 bits per heavy atom. The minimum atomic E-state index is 0. The molecule has 19 heavy (non-hydrogen) atoms. The van der Waals surface area contributed by atoms with E-state index in [2.05, 4.69) is 4.90 Å². The van der Waals surface area contributed by atoms with E-state index in [0.717, 1.165) is 24.5 Å². The number of amides is 1. The molecule has 106 valence electrons. The van der Waals surface area contributed by atoms with E-state index in [4.69, 9.17) is 16.3 Å². The van der Waals surface area contributed by atoms with Crippen molar-refractivity contribution in [3.8, 4) is 5.75 Å². The van der Waals surface area contributed by atoms with Gasteiger partial charge in [-0.3, -0.25) is 4.79 Å². The maximum absolute atomic E-state index is 11.5. The predicted molar refractivity (Wildman–Crippen MR) is 79.8 cm³/mol. The zero-order valence-electron chi connectivity index (χ0n) is 10.8. The molecule has 6 heteroatoms. The topological polar surface area (TPSA) is 32.8 Å². The first-order chi connectivity index (χ1) is 8.76. The lowest BCUT2D eigenvalue weighted by atomic mass is 10.2. The van der Waals surface area contributed by atoms with Gasteiger partial charge in [-0.25, -0.2) is 0 Å². The van der Waals surface area contributed by atoms with Crippen LogP contribution in [-0.4, -0.2) is 50.0 Å². The maximum Gasteiger partial charge on any atom is 0.237 e. The molecule has 0 spiro atoms. The number of benzene rings is 1. The summed E-state index contributed by atoms with van der Waals surface area (Å²) in [6.45, 7) is 3.04. The molecular formula is C13H18Cl2N2O2. The van der Waals surface area contributed by atoms with Gasteiger partial charge in [0, 0.05) is 26.2 Å². The highest BCUT2D eigenvalue weighted by atomic mass is 35.5. The van der Waals surface area contributed by atoms with E-state index in [-0.39, 0.29) is 24.2 Å². The molecule has 1 amide bonds. The standard InChI is InChI=1S/C13H17ClN2O2.ClH/c1-18-12-5-3-2-4-11(12)15-6-8-16(9-7-15)13(17)10-14;/h2-5H,6-10H2,1H3;1H. The van der Waals surface area contributed by atoms with Gasteiger partial charge < -0.3 is 14.5 Å². The number of hydrogen-bond donors (Lipinski definition) is 0. The number of piperazine rings is 1. The molecule has 4 nitrogen and oxygen atoms in total. The normalized spacial score (nSPS) is 14.8. The van der Waals surface area contributed by atoms with Crippen LogP contribution in [0.3, 0.4) is 0 Å². The average Bonchev–Trinajstić information content (AvgIpc) is 2.46. The van der Waals surface area contributed by atoms with Crippen molar-refractivity contribution in [3.63, 3.8) is 0 Å². The average molecular weight is 305 g/mol. The molecule has 1 aliphatic heterocycles. The molecule has 0 N–H and O–H groups in total. The molecule has 1 aliphatic rings. The minimum Gasteiger partial charge on any atom is -0.495 e. The van der Waals surface area contributed by atoms with E-state index in [0.29, 0.717) is 13.1 Å². The van der Waals surface area contributed by atoms with Gasteiger partial charge in [-0.2, -0.15) is 0 Å². The van der Waals surface area contributed by atoms with Gasteiger partial charge in [0.15, 0.2) is 0 Å². The zero-order chi connectivity index (χ0) is 13.0. The maximum atomic E-state index is 11.5. The third-order valence-electron chi connectivity index (χ3n) is 3.17. The van der Waals surface area contributed by atoms with E-state index in [1.54, 1.807) is 12.0 Å². The summed E-state index contributed by atoms with van der Waals surface area (Å²) >= 11 is 5.56. The number of hydrogen-bond acceptors (Lipinski definition) is 3. The summed E-state index contributed by atoms with van der Waals surface area (Å²) in [4.78, 5) is 15.5. The Morgan fingerprint density at radius 1 is 1.26 bits per heavy atom. The lowest BCUT2D eigenvalue weighted by molar-refractivity contribution is -0.128. The monoisotopic (exact) mass is 304 g/mol. The number of carbonyl (C=O) groups is 1. The SMILES string of the molecule is COc1ccccc1N1CCN(C(=O)CCl)CC1.Cl. The van der Waals surface area contributed by atoms with Crippen molar-refractivity contribution in [1.82, 2.24) is 4.90 Å². The number of anilines is 1. The third kappa shape index (κ3) is 3.67. The van der Waals surface area contributed by atoms with Crippen LogP contribution in [0.25, 0.3) is 0 Å². The molecule has 0 aliphatic carbocycles. The van der Waals surface area contributed by atoms with Crippen molar-refractivity contribution < 1.29 is 9.53 Å². The highest BCUT2D eigenvalue weighted by Crippen LogP contribution is 2.28. The van der Waals surface area contributed by atoms with Crippen LogP contribution in [0.2, 0.25) is 0 Å². The number of nitrogens with zero attached hydrogens (tertiary/aromatic N) is 2. The number of ether oxygens (including phenoxy) is 1. The number of carbonyl (C=O) groups excluding carboxylic acids is 1. The van der Waals surface area contributed by atoms with Gasteiger partial charge >= 0.3 is 0 Å². The summed E-state index contributed by atoms with van der Waals surface area (Å²) in [7, 11) is 1.67. The molecule has 1 heterocycles. The number of para-hydroxylation sites is 2. The molecule has 0 saturated carbocycles. The lowest BCUT2D eigenvalue weighted by Gasteiger charge is -2.36. The second kappa shape index (κ2) is 7.46. The van der Waals surface area contributed by atoms with E-state index >= 15 is 0 Å². The number of methoxy groups -OCH3 is 1. The molecule has 1 aromatic rings. The van der Waals surface area contributed by atoms with Crippen molar-refractivity contribution in [2.75, 3.05) is 44.1 Å². The Morgan fingerprint density at radius 3 is 2.47 bits per heavy atom.